The van der Waals surface area contributed by atoms with Gasteiger partial charge in [-0.25, -0.2) is 4.39 Å². The normalized spacial score (nSPS) is 11.9. The topological polar surface area (TPSA) is 103 Å². The fourth-order valence-corrected chi connectivity index (χ4v) is 3.47. The van der Waals surface area contributed by atoms with Crippen molar-refractivity contribution < 1.29 is 14.1 Å². The molecule has 0 unspecified atom stereocenters. The van der Waals surface area contributed by atoms with Crippen LogP contribution < -0.4 is 5.32 Å². The molecular weight excluding hydrogens is 421 g/mol. The second-order valence-electron chi connectivity index (χ2n) is 6.04. The Morgan fingerprint density at radius 2 is 1.97 bits per heavy atom. The second-order valence-corrected chi connectivity index (χ2v) is 7.76. The number of amides is 1. The Balaban J connectivity index is 1.70. The van der Waals surface area contributed by atoms with E-state index >= 15 is 0 Å². The number of nitrogens with zero attached hydrogens (tertiary/aromatic N) is 4. The Morgan fingerprint density at radius 3 is 2.59 bits per heavy atom. The molecule has 0 spiro atoms. The lowest BCUT2D eigenvalue weighted by molar-refractivity contribution is -0.384. The van der Waals surface area contributed by atoms with Gasteiger partial charge in [0.25, 0.3) is 5.69 Å². The number of benzene rings is 2. The predicted octanol–water partition coefficient (Wildman–Crippen LogP) is 4.30. The molecule has 11 heteroatoms. The highest BCUT2D eigenvalue weighted by Gasteiger charge is 2.21. The summed E-state index contributed by atoms with van der Waals surface area (Å²) < 4.78 is 14.8. The van der Waals surface area contributed by atoms with E-state index in [2.05, 4.69) is 15.5 Å². The molecule has 1 amide bonds. The van der Waals surface area contributed by atoms with Crippen LogP contribution in [0.25, 0.3) is 11.4 Å². The largest absolute Gasteiger partial charge is 0.324 e. The lowest BCUT2D eigenvalue weighted by Crippen LogP contribution is -2.23. The van der Waals surface area contributed by atoms with Crippen molar-refractivity contribution in [2.45, 2.75) is 17.3 Å². The third-order valence-electron chi connectivity index (χ3n) is 4.01. The number of hydrogen-bond donors (Lipinski definition) is 1. The van der Waals surface area contributed by atoms with Crippen molar-refractivity contribution in [3.05, 3.63) is 63.4 Å². The Hall–Kier alpha value is -2.98. The van der Waals surface area contributed by atoms with Gasteiger partial charge in [-0.3, -0.25) is 14.9 Å². The van der Waals surface area contributed by atoms with Gasteiger partial charge in [0.2, 0.25) is 5.91 Å². The molecule has 0 fully saturated rings. The van der Waals surface area contributed by atoms with Crippen LogP contribution in [0.5, 0.6) is 0 Å². The van der Waals surface area contributed by atoms with Crippen molar-refractivity contribution in [3.8, 4) is 11.4 Å². The van der Waals surface area contributed by atoms with Crippen LogP contribution in [-0.2, 0) is 11.8 Å². The van der Waals surface area contributed by atoms with Gasteiger partial charge < -0.3 is 9.88 Å². The van der Waals surface area contributed by atoms with Crippen LogP contribution in [0.3, 0.4) is 0 Å². The summed E-state index contributed by atoms with van der Waals surface area (Å²) in [6.45, 7) is 1.69. The number of non-ortho nitro benzene ring substituents is 1. The Kier molecular flexibility index (Phi) is 6.14. The molecule has 0 bridgehead atoms. The van der Waals surface area contributed by atoms with Crippen LogP contribution in [0.1, 0.15) is 6.92 Å². The number of carbonyl (C=O) groups excluding carboxylic acids is 1. The molecule has 8 nitrogen and oxygen atoms in total. The van der Waals surface area contributed by atoms with Crippen LogP contribution in [0.2, 0.25) is 5.02 Å². The number of thioether (sulfide) groups is 1. The Bertz CT molecular complexity index is 1070. The zero-order valence-corrected chi connectivity index (χ0v) is 16.9. The highest BCUT2D eigenvalue weighted by Crippen LogP contribution is 2.29. The van der Waals surface area contributed by atoms with Crippen LogP contribution in [0.4, 0.5) is 15.8 Å². The molecule has 2 aromatic carbocycles. The number of hydrogen-bond acceptors (Lipinski definition) is 6. The first-order valence-electron chi connectivity index (χ1n) is 8.33. The quantitative estimate of drug-likeness (QED) is 0.351. The lowest BCUT2D eigenvalue weighted by Gasteiger charge is -2.12. The molecule has 0 aliphatic carbocycles. The molecule has 1 heterocycles. The van der Waals surface area contributed by atoms with Gasteiger partial charge >= 0.3 is 0 Å². The molecule has 0 saturated carbocycles. The molecule has 3 aromatic rings. The third-order valence-corrected chi connectivity index (χ3v) is 5.46. The number of nitro benzene ring substituents is 1. The van der Waals surface area contributed by atoms with Crippen molar-refractivity contribution >= 4 is 40.6 Å². The van der Waals surface area contributed by atoms with Gasteiger partial charge in [0.1, 0.15) is 5.82 Å². The van der Waals surface area contributed by atoms with Gasteiger partial charge in [-0.1, -0.05) is 23.4 Å². The molecule has 0 aliphatic rings. The third kappa shape index (κ3) is 4.72. The number of nitro groups is 1. The van der Waals surface area contributed by atoms with Crippen molar-refractivity contribution in [3.63, 3.8) is 0 Å². The first kappa shape index (κ1) is 20.7. The molecule has 1 aromatic heterocycles. The Morgan fingerprint density at radius 1 is 1.28 bits per heavy atom. The molecular formula is C18H15ClFN5O3S. The highest BCUT2D eigenvalue weighted by atomic mass is 35.5. The van der Waals surface area contributed by atoms with E-state index in [0.717, 1.165) is 0 Å². The zero-order valence-electron chi connectivity index (χ0n) is 15.3. The SMILES string of the molecule is C[C@H](Sc1nnc(-c2ccc(F)cc2)n1C)C(=O)Nc1ccc([N+](=O)[O-])cc1Cl. The number of rotatable bonds is 6. The maximum atomic E-state index is 13.1. The molecule has 3 rings (SSSR count). The number of halogens is 2. The van der Waals surface area contributed by atoms with Crippen molar-refractivity contribution in [1.29, 1.82) is 0 Å². The van der Waals surface area contributed by atoms with Crippen molar-refractivity contribution in [2.75, 3.05) is 5.32 Å². The molecule has 1 atom stereocenters. The predicted molar refractivity (Wildman–Crippen MR) is 108 cm³/mol. The minimum Gasteiger partial charge on any atom is -0.324 e. The molecule has 1 N–H and O–H groups in total. The smallest absolute Gasteiger partial charge is 0.271 e. The summed E-state index contributed by atoms with van der Waals surface area (Å²) in [4.78, 5) is 22.7. The molecule has 0 saturated heterocycles. The van der Waals surface area contributed by atoms with Crippen LogP contribution in [-0.4, -0.2) is 30.8 Å². The minimum atomic E-state index is -0.567. The summed E-state index contributed by atoms with van der Waals surface area (Å²) in [5.74, 6) is -0.156. The number of anilines is 1. The number of carbonyl (C=O) groups is 1. The summed E-state index contributed by atoms with van der Waals surface area (Å²) in [6.07, 6.45) is 0. The molecule has 150 valence electrons. The number of nitrogens with one attached hydrogen (secondary N) is 1. The van der Waals surface area contributed by atoms with E-state index in [1.807, 2.05) is 0 Å². The minimum absolute atomic E-state index is 0.0713. The van der Waals surface area contributed by atoms with E-state index in [4.69, 9.17) is 11.6 Å². The fraction of sp³-hybridized carbons (Fsp3) is 0.167. The van der Waals surface area contributed by atoms with E-state index < -0.39 is 10.2 Å². The first-order valence-corrected chi connectivity index (χ1v) is 9.59. The summed E-state index contributed by atoms with van der Waals surface area (Å²) in [7, 11) is 1.75. The fourth-order valence-electron chi connectivity index (χ4n) is 2.43. The summed E-state index contributed by atoms with van der Waals surface area (Å²) in [6, 6.07) is 9.68. The van der Waals surface area contributed by atoms with Gasteiger partial charge in [-0.05, 0) is 37.3 Å². The lowest BCUT2D eigenvalue weighted by atomic mass is 10.2. The van der Waals surface area contributed by atoms with Crippen LogP contribution in [0.15, 0.2) is 47.6 Å². The van der Waals surface area contributed by atoms with Crippen LogP contribution in [0, 0.1) is 15.9 Å². The average Bonchev–Trinajstić information content (AvgIpc) is 3.04. The first-order chi connectivity index (χ1) is 13.8. The van der Waals surface area contributed by atoms with Gasteiger partial charge in [-0.15, -0.1) is 10.2 Å². The van der Waals surface area contributed by atoms with Gasteiger partial charge in [0.15, 0.2) is 11.0 Å². The maximum Gasteiger partial charge on any atom is 0.271 e. The van der Waals surface area contributed by atoms with E-state index in [9.17, 15) is 19.3 Å². The van der Waals surface area contributed by atoms with Crippen molar-refractivity contribution in [2.24, 2.45) is 7.05 Å². The standard InChI is InChI=1S/C18H15ClFN5O3S/c1-10(17(26)21-15-8-7-13(25(27)28)9-14(15)19)29-18-23-22-16(24(18)2)11-3-5-12(20)6-4-11/h3-10H,1-2H3,(H,21,26)/t10-/m0/s1. The monoisotopic (exact) mass is 435 g/mol. The summed E-state index contributed by atoms with van der Waals surface area (Å²) in [5, 5.41) is 21.6. The number of aromatic nitrogens is 3. The van der Waals surface area contributed by atoms with Crippen LogP contribution >= 0.6 is 23.4 Å². The highest BCUT2D eigenvalue weighted by molar-refractivity contribution is 8.00. The second kappa shape index (κ2) is 8.58. The molecule has 29 heavy (non-hydrogen) atoms. The van der Waals surface area contributed by atoms with E-state index in [1.165, 1.54) is 42.1 Å². The van der Waals surface area contributed by atoms with Gasteiger partial charge in [0, 0.05) is 24.7 Å². The zero-order chi connectivity index (χ0) is 21.1. The van der Waals surface area contributed by atoms with Gasteiger partial charge in [-0.2, -0.15) is 0 Å². The summed E-state index contributed by atoms with van der Waals surface area (Å²) in [5.41, 5.74) is 0.811. The van der Waals surface area contributed by atoms with Crippen molar-refractivity contribution in [1.82, 2.24) is 14.8 Å². The van der Waals surface area contributed by atoms with Gasteiger partial charge in [0.05, 0.1) is 20.9 Å². The average molecular weight is 436 g/mol. The maximum absolute atomic E-state index is 13.1. The van der Waals surface area contributed by atoms with E-state index in [-0.39, 0.29) is 28.1 Å². The van der Waals surface area contributed by atoms with E-state index in [1.54, 1.807) is 30.7 Å². The molecule has 0 radical (unpaired) electrons. The summed E-state index contributed by atoms with van der Waals surface area (Å²) >= 11 is 7.19. The molecule has 0 aliphatic heterocycles. The Labute approximate surface area is 174 Å². The van der Waals surface area contributed by atoms with E-state index in [0.29, 0.717) is 16.5 Å².